The molecule has 0 radical (unpaired) electrons. The summed E-state index contributed by atoms with van der Waals surface area (Å²) in [5.41, 5.74) is 1.69. The van der Waals surface area contributed by atoms with Crippen LogP contribution in [0.2, 0.25) is 0 Å². The number of sulfonamides is 2. The maximum absolute atomic E-state index is 12.4. The summed E-state index contributed by atoms with van der Waals surface area (Å²) < 4.78 is 58.1. The molecule has 1 aliphatic rings. The molecule has 0 unspecified atom stereocenters. The number of aryl methyl sites for hydroxylation is 1. The number of rotatable bonds is 7. The van der Waals surface area contributed by atoms with E-state index in [9.17, 15) is 16.8 Å². The van der Waals surface area contributed by atoms with Crippen LogP contribution in [0.15, 0.2) is 48.5 Å². The highest BCUT2D eigenvalue weighted by Crippen LogP contribution is 2.33. The van der Waals surface area contributed by atoms with Crippen molar-refractivity contribution in [3.05, 3.63) is 54.1 Å². The smallest absolute Gasteiger partial charge is 0.235 e. The van der Waals surface area contributed by atoms with E-state index in [1.807, 2.05) is 30.3 Å². The van der Waals surface area contributed by atoms with Crippen molar-refractivity contribution < 1.29 is 21.6 Å². The molecular weight excluding hydrogens is 388 g/mol. The fraction of sp³-hybridized carbons (Fsp3) is 0.333. The number of benzene rings is 2. The summed E-state index contributed by atoms with van der Waals surface area (Å²) in [6.45, 7) is 0.410. The first-order valence-corrected chi connectivity index (χ1v) is 11.8. The Morgan fingerprint density at radius 1 is 1.15 bits per heavy atom. The Kier molecular flexibility index (Phi) is 5.61. The maximum atomic E-state index is 12.4. The van der Waals surface area contributed by atoms with E-state index in [0.717, 1.165) is 5.56 Å². The molecular formula is C18H22N2O5S2. The van der Waals surface area contributed by atoms with E-state index in [-0.39, 0.29) is 22.9 Å². The third kappa shape index (κ3) is 4.72. The zero-order valence-electron chi connectivity index (χ0n) is 15.0. The second kappa shape index (κ2) is 7.77. The molecule has 2 aromatic carbocycles. The lowest BCUT2D eigenvalue weighted by Gasteiger charge is -2.19. The summed E-state index contributed by atoms with van der Waals surface area (Å²) in [5.74, 6) is 0.323. The predicted molar refractivity (Wildman–Crippen MR) is 106 cm³/mol. The Labute approximate surface area is 160 Å². The van der Waals surface area contributed by atoms with Crippen LogP contribution in [0.3, 0.4) is 0 Å². The summed E-state index contributed by atoms with van der Waals surface area (Å²) in [6, 6.07) is 14.0. The van der Waals surface area contributed by atoms with Gasteiger partial charge in [-0.1, -0.05) is 30.3 Å². The van der Waals surface area contributed by atoms with Crippen LogP contribution in [0, 0.1) is 0 Å². The number of nitrogens with zero attached hydrogens (tertiary/aromatic N) is 1. The van der Waals surface area contributed by atoms with Gasteiger partial charge in [-0.2, -0.15) is 0 Å². The third-order valence-corrected chi connectivity index (χ3v) is 7.48. The van der Waals surface area contributed by atoms with Gasteiger partial charge in [-0.25, -0.2) is 16.8 Å². The van der Waals surface area contributed by atoms with Gasteiger partial charge in [0.1, 0.15) is 5.75 Å². The third-order valence-electron chi connectivity index (χ3n) is 4.34. The number of hydrogen-bond donors (Lipinski definition) is 1. The first kappa shape index (κ1) is 19.5. The number of ether oxygens (including phenoxy) is 1. The van der Waals surface area contributed by atoms with Gasteiger partial charge in [-0.3, -0.25) is 9.03 Å². The van der Waals surface area contributed by atoms with Crippen LogP contribution in [0.4, 0.5) is 11.4 Å². The van der Waals surface area contributed by atoms with Crippen molar-refractivity contribution in [1.82, 2.24) is 0 Å². The highest BCUT2D eigenvalue weighted by Gasteiger charge is 2.29. The molecule has 1 saturated heterocycles. The number of anilines is 2. The van der Waals surface area contributed by atoms with Gasteiger partial charge in [0.15, 0.2) is 0 Å². The van der Waals surface area contributed by atoms with E-state index in [1.54, 1.807) is 6.07 Å². The van der Waals surface area contributed by atoms with Gasteiger partial charge < -0.3 is 4.74 Å². The highest BCUT2D eigenvalue weighted by atomic mass is 32.2. The largest absolute Gasteiger partial charge is 0.494 e. The lowest BCUT2D eigenvalue weighted by atomic mass is 10.2. The molecule has 27 heavy (non-hydrogen) atoms. The molecule has 0 atom stereocenters. The lowest BCUT2D eigenvalue weighted by molar-refractivity contribution is 0.417. The van der Waals surface area contributed by atoms with Crippen LogP contribution in [-0.4, -0.2) is 42.0 Å². The average molecular weight is 411 g/mol. The Morgan fingerprint density at radius 2 is 1.89 bits per heavy atom. The van der Waals surface area contributed by atoms with Crippen molar-refractivity contribution >= 4 is 31.4 Å². The predicted octanol–water partition coefficient (Wildman–Crippen LogP) is 2.22. The van der Waals surface area contributed by atoms with Crippen LogP contribution in [0.1, 0.15) is 12.0 Å². The van der Waals surface area contributed by atoms with E-state index in [0.29, 0.717) is 25.1 Å². The first-order valence-electron chi connectivity index (χ1n) is 8.54. The molecule has 0 bridgehead atoms. The molecule has 0 aliphatic carbocycles. The van der Waals surface area contributed by atoms with Gasteiger partial charge in [-0.15, -0.1) is 0 Å². The Hall–Kier alpha value is -2.26. The Morgan fingerprint density at radius 3 is 2.52 bits per heavy atom. The summed E-state index contributed by atoms with van der Waals surface area (Å²) >= 11 is 0. The molecule has 0 amide bonds. The molecule has 1 N–H and O–H groups in total. The summed E-state index contributed by atoms with van der Waals surface area (Å²) in [7, 11) is -5.48. The molecule has 0 saturated carbocycles. The molecule has 1 aliphatic heterocycles. The van der Waals surface area contributed by atoms with Crippen molar-refractivity contribution in [1.29, 1.82) is 0 Å². The Balaban J connectivity index is 1.76. The van der Waals surface area contributed by atoms with Crippen molar-refractivity contribution in [3.63, 3.8) is 0 Å². The first-order chi connectivity index (χ1) is 12.8. The standard InChI is InChI=1S/C18H22N2O5S2/c1-25-18-14-16(20-11-5-12-27(20,23)24)8-9-17(18)19-26(21,22)13-10-15-6-3-2-4-7-15/h2-4,6-9,14,19H,5,10-13H2,1H3. The van der Waals surface area contributed by atoms with Gasteiger partial charge >= 0.3 is 0 Å². The van der Waals surface area contributed by atoms with Gasteiger partial charge in [0.2, 0.25) is 20.0 Å². The van der Waals surface area contributed by atoms with Gasteiger partial charge in [0, 0.05) is 12.6 Å². The van der Waals surface area contributed by atoms with Crippen LogP contribution in [0.25, 0.3) is 0 Å². The van der Waals surface area contributed by atoms with Crippen LogP contribution >= 0.6 is 0 Å². The van der Waals surface area contributed by atoms with Gasteiger partial charge in [0.25, 0.3) is 0 Å². The second-order valence-corrected chi connectivity index (χ2v) is 10.1. The zero-order chi connectivity index (χ0) is 19.5. The maximum Gasteiger partial charge on any atom is 0.235 e. The molecule has 0 spiro atoms. The number of nitrogens with one attached hydrogen (secondary N) is 1. The fourth-order valence-corrected chi connectivity index (χ4v) is 5.63. The molecule has 2 aromatic rings. The van der Waals surface area contributed by atoms with Gasteiger partial charge in [-0.05, 0) is 30.5 Å². The average Bonchev–Trinajstić information content (AvgIpc) is 3.00. The molecule has 146 valence electrons. The van der Waals surface area contributed by atoms with E-state index in [4.69, 9.17) is 4.74 Å². The summed E-state index contributed by atoms with van der Waals surface area (Å²) in [5, 5.41) is 0. The van der Waals surface area contributed by atoms with E-state index >= 15 is 0 Å². The second-order valence-electron chi connectivity index (χ2n) is 6.28. The van der Waals surface area contributed by atoms with E-state index < -0.39 is 20.0 Å². The SMILES string of the molecule is COc1cc(N2CCCS2(=O)=O)ccc1NS(=O)(=O)CCc1ccccc1. The molecule has 3 rings (SSSR count). The normalized spacial score (nSPS) is 16.3. The minimum atomic E-state index is -3.58. The number of methoxy groups -OCH3 is 1. The van der Waals surface area contributed by atoms with Gasteiger partial charge in [0.05, 0.1) is 30.0 Å². The molecule has 0 aromatic heterocycles. The molecule has 1 fully saturated rings. The topological polar surface area (TPSA) is 92.8 Å². The molecule has 7 nitrogen and oxygen atoms in total. The minimum absolute atomic E-state index is 0.0670. The van der Waals surface area contributed by atoms with Crippen molar-refractivity contribution in [2.45, 2.75) is 12.8 Å². The summed E-state index contributed by atoms with van der Waals surface area (Å²) in [6.07, 6.45) is 0.959. The monoisotopic (exact) mass is 410 g/mol. The molecule has 1 heterocycles. The van der Waals surface area contributed by atoms with Crippen LogP contribution < -0.4 is 13.8 Å². The highest BCUT2D eigenvalue weighted by molar-refractivity contribution is 7.93. The quantitative estimate of drug-likeness (QED) is 0.756. The number of hydrogen-bond acceptors (Lipinski definition) is 5. The molecule has 9 heteroatoms. The lowest BCUT2D eigenvalue weighted by Crippen LogP contribution is -2.25. The zero-order valence-corrected chi connectivity index (χ0v) is 16.6. The minimum Gasteiger partial charge on any atom is -0.494 e. The van der Waals surface area contributed by atoms with Crippen LogP contribution in [-0.2, 0) is 26.5 Å². The van der Waals surface area contributed by atoms with Crippen LogP contribution in [0.5, 0.6) is 5.75 Å². The van der Waals surface area contributed by atoms with E-state index in [2.05, 4.69) is 4.72 Å². The van der Waals surface area contributed by atoms with E-state index in [1.165, 1.54) is 23.5 Å². The van der Waals surface area contributed by atoms with Crippen molar-refractivity contribution in [3.8, 4) is 5.75 Å². The fourth-order valence-electron chi connectivity index (χ4n) is 2.96. The summed E-state index contributed by atoms with van der Waals surface area (Å²) in [4.78, 5) is 0. The van der Waals surface area contributed by atoms with Crippen molar-refractivity contribution in [2.75, 3.05) is 34.2 Å². The van der Waals surface area contributed by atoms with Crippen molar-refractivity contribution in [2.24, 2.45) is 0 Å². The Bertz CT molecular complexity index is 1010.